The lowest BCUT2D eigenvalue weighted by Crippen LogP contribution is -2.58. The van der Waals surface area contributed by atoms with E-state index < -0.39 is 0 Å². The first kappa shape index (κ1) is 20.4. The summed E-state index contributed by atoms with van der Waals surface area (Å²) in [5, 5.41) is 13.1. The first-order chi connectivity index (χ1) is 9.26. The molecule has 0 aromatic rings. The monoisotopic (exact) mass is 296 g/mol. The molecule has 0 saturated carbocycles. The average Bonchev–Trinajstić information content (AvgIpc) is 2.34. The molecule has 0 atom stereocenters. The van der Waals surface area contributed by atoms with Gasteiger partial charge in [0, 0.05) is 18.6 Å². The van der Waals surface area contributed by atoms with Crippen LogP contribution in [0.4, 0.5) is 0 Å². The maximum atomic E-state index is 9.53. The van der Waals surface area contributed by atoms with Crippen molar-refractivity contribution in [3.63, 3.8) is 0 Å². The molecule has 1 fully saturated rings. The summed E-state index contributed by atoms with van der Waals surface area (Å²) in [6.07, 6.45) is 4.39. The lowest BCUT2D eigenvalue weighted by molar-refractivity contribution is 0.143. The number of likely N-dealkylation sites (tertiary alicyclic amines) is 1. The van der Waals surface area contributed by atoms with Gasteiger partial charge in [-0.2, -0.15) is 5.26 Å². The van der Waals surface area contributed by atoms with E-state index in [4.69, 9.17) is 0 Å². The van der Waals surface area contributed by atoms with Gasteiger partial charge in [-0.15, -0.1) is 0 Å². The summed E-state index contributed by atoms with van der Waals surface area (Å²) >= 11 is 0. The van der Waals surface area contributed by atoms with Crippen molar-refractivity contribution in [2.45, 2.75) is 65.0 Å². The molecule has 1 N–H and O–H groups in total. The van der Waals surface area contributed by atoms with Crippen LogP contribution in [0.5, 0.6) is 0 Å². The van der Waals surface area contributed by atoms with Crippen molar-refractivity contribution in [3.8, 4) is 6.07 Å². The van der Waals surface area contributed by atoms with Crippen LogP contribution >= 0.6 is 0 Å². The highest BCUT2D eigenvalue weighted by Gasteiger charge is 2.37. The highest BCUT2D eigenvalue weighted by molar-refractivity contribution is 5.11. The summed E-state index contributed by atoms with van der Waals surface area (Å²) in [5.41, 5.74) is -0.317. The summed E-state index contributed by atoms with van der Waals surface area (Å²) in [4.78, 5) is 4.75. The minimum absolute atomic E-state index is 0. The van der Waals surface area contributed by atoms with E-state index in [0.717, 1.165) is 25.9 Å². The van der Waals surface area contributed by atoms with Crippen molar-refractivity contribution in [3.05, 3.63) is 0 Å². The Morgan fingerprint density at radius 2 is 1.76 bits per heavy atom. The van der Waals surface area contributed by atoms with Gasteiger partial charge in [0.15, 0.2) is 0 Å². The zero-order chi connectivity index (χ0) is 15.2. The Kier molecular flexibility index (Phi) is 8.46. The molecule has 4 nitrogen and oxygen atoms in total. The van der Waals surface area contributed by atoms with Gasteiger partial charge in [-0.1, -0.05) is 7.43 Å². The summed E-state index contributed by atoms with van der Waals surface area (Å²) in [6, 6.07) is 2.53. The molecule has 1 aliphatic rings. The molecule has 0 amide bonds. The third-order valence-corrected chi connectivity index (χ3v) is 3.87. The van der Waals surface area contributed by atoms with Crippen LogP contribution in [0, 0.1) is 11.3 Å². The van der Waals surface area contributed by atoms with E-state index in [1.807, 2.05) is 0 Å². The van der Waals surface area contributed by atoms with Gasteiger partial charge in [0.1, 0.15) is 5.54 Å². The van der Waals surface area contributed by atoms with Crippen molar-refractivity contribution in [1.82, 2.24) is 15.1 Å². The van der Waals surface area contributed by atoms with E-state index in [1.54, 1.807) is 0 Å². The fourth-order valence-electron chi connectivity index (χ4n) is 2.90. The third-order valence-electron chi connectivity index (χ3n) is 3.87. The average molecular weight is 297 g/mol. The smallest absolute Gasteiger partial charge is 0.109 e. The Morgan fingerprint density at radius 3 is 2.19 bits per heavy atom. The Hall–Kier alpha value is -0.630. The number of hydrogen-bond donors (Lipinski definition) is 1. The molecule has 1 saturated heterocycles. The molecule has 0 aliphatic carbocycles. The highest BCUT2D eigenvalue weighted by Crippen LogP contribution is 2.24. The standard InChI is InChI=1S/C16H32N4.CH4/c1-15(2,3)18-16(14-17)8-12-20(13-9-16)11-7-6-10-19(4)5;/h18H,6-13H2,1-5H3;1H4. The van der Waals surface area contributed by atoms with Crippen molar-refractivity contribution >= 4 is 0 Å². The fraction of sp³-hybridized carbons (Fsp3) is 0.941. The predicted molar refractivity (Wildman–Crippen MR) is 91.4 cm³/mol. The molecule has 1 aliphatic heterocycles. The molecular formula is C17H36N4. The quantitative estimate of drug-likeness (QED) is 0.765. The number of nitriles is 1. The molecule has 4 heteroatoms. The number of unbranched alkanes of at least 4 members (excludes halogenated alkanes) is 1. The minimum Gasteiger partial charge on any atom is -0.309 e. The van der Waals surface area contributed by atoms with Crippen LogP contribution in [-0.2, 0) is 0 Å². The lowest BCUT2D eigenvalue weighted by Gasteiger charge is -2.41. The third kappa shape index (κ3) is 7.80. The van der Waals surface area contributed by atoms with Crippen LogP contribution in [0.1, 0.15) is 53.9 Å². The van der Waals surface area contributed by atoms with Crippen LogP contribution in [0.15, 0.2) is 0 Å². The Bertz CT molecular complexity index is 317. The molecule has 1 rings (SSSR count). The molecule has 1 heterocycles. The van der Waals surface area contributed by atoms with Gasteiger partial charge in [-0.25, -0.2) is 0 Å². The molecular weight excluding hydrogens is 260 g/mol. The first-order valence-electron chi connectivity index (χ1n) is 7.84. The van der Waals surface area contributed by atoms with Crippen molar-refractivity contribution in [2.24, 2.45) is 0 Å². The van der Waals surface area contributed by atoms with Crippen LogP contribution in [0.2, 0.25) is 0 Å². The fourth-order valence-corrected chi connectivity index (χ4v) is 2.90. The van der Waals surface area contributed by atoms with Gasteiger partial charge in [0.2, 0.25) is 0 Å². The largest absolute Gasteiger partial charge is 0.309 e. The number of piperidine rings is 1. The van der Waals surface area contributed by atoms with E-state index in [9.17, 15) is 5.26 Å². The van der Waals surface area contributed by atoms with E-state index in [-0.39, 0.29) is 18.5 Å². The molecule has 0 spiro atoms. The van der Waals surface area contributed by atoms with Gasteiger partial charge in [-0.05, 0) is 73.6 Å². The SMILES string of the molecule is C.CN(C)CCCCN1CCC(C#N)(NC(C)(C)C)CC1. The lowest BCUT2D eigenvalue weighted by atomic mass is 9.86. The molecule has 124 valence electrons. The Balaban J connectivity index is 0.00000400. The number of rotatable bonds is 6. The number of hydrogen-bond acceptors (Lipinski definition) is 4. The second-order valence-electron chi connectivity index (χ2n) is 7.42. The van der Waals surface area contributed by atoms with Gasteiger partial charge in [0.25, 0.3) is 0 Å². The zero-order valence-corrected chi connectivity index (χ0v) is 14.0. The predicted octanol–water partition coefficient (Wildman–Crippen LogP) is 2.71. The summed E-state index contributed by atoms with van der Waals surface area (Å²) in [5.74, 6) is 0. The molecule has 0 radical (unpaired) electrons. The second-order valence-corrected chi connectivity index (χ2v) is 7.42. The molecule has 21 heavy (non-hydrogen) atoms. The van der Waals surface area contributed by atoms with E-state index in [1.165, 1.54) is 25.9 Å². The van der Waals surface area contributed by atoms with Crippen LogP contribution in [0.3, 0.4) is 0 Å². The summed E-state index contributed by atoms with van der Waals surface area (Å²) in [6.45, 7) is 10.8. The van der Waals surface area contributed by atoms with Gasteiger partial charge in [-0.3, -0.25) is 5.32 Å². The Labute approximate surface area is 132 Å². The number of nitrogens with zero attached hydrogens (tertiary/aromatic N) is 3. The van der Waals surface area contributed by atoms with Crippen LogP contribution < -0.4 is 5.32 Å². The van der Waals surface area contributed by atoms with Crippen molar-refractivity contribution in [1.29, 1.82) is 5.26 Å². The zero-order valence-electron chi connectivity index (χ0n) is 14.0. The maximum absolute atomic E-state index is 9.53. The van der Waals surface area contributed by atoms with E-state index in [2.05, 4.69) is 56.1 Å². The van der Waals surface area contributed by atoms with E-state index in [0.29, 0.717) is 0 Å². The van der Waals surface area contributed by atoms with Crippen LogP contribution in [0.25, 0.3) is 0 Å². The normalized spacial score (nSPS) is 19.1. The van der Waals surface area contributed by atoms with Crippen molar-refractivity contribution in [2.75, 3.05) is 40.3 Å². The minimum atomic E-state index is -0.321. The Morgan fingerprint density at radius 1 is 1.19 bits per heavy atom. The van der Waals surface area contributed by atoms with E-state index >= 15 is 0 Å². The topological polar surface area (TPSA) is 42.3 Å². The summed E-state index contributed by atoms with van der Waals surface area (Å²) in [7, 11) is 4.25. The summed E-state index contributed by atoms with van der Waals surface area (Å²) < 4.78 is 0. The second kappa shape index (κ2) is 8.73. The maximum Gasteiger partial charge on any atom is 0.109 e. The van der Waals surface area contributed by atoms with Gasteiger partial charge >= 0.3 is 0 Å². The van der Waals surface area contributed by atoms with Crippen LogP contribution in [-0.4, -0.2) is 61.2 Å². The first-order valence-corrected chi connectivity index (χ1v) is 7.84. The molecule has 0 aromatic heterocycles. The molecule has 0 bridgehead atoms. The highest BCUT2D eigenvalue weighted by atomic mass is 15.2. The van der Waals surface area contributed by atoms with Gasteiger partial charge in [0.05, 0.1) is 6.07 Å². The van der Waals surface area contributed by atoms with Gasteiger partial charge < -0.3 is 9.80 Å². The number of nitrogens with one attached hydrogen (secondary N) is 1. The molecule has 0 aromatic carbocycles. The van der Waals surface area contributed by atoms with Crippen molar-refractivity contribution < 1.29 is 0 Å². The molecule has 0 unspecified atom stereocenters.